The molecule has 0 aromatic heterocycles. The fraction of sp³-hybridized carbons (Fsp3) is 0. The molecule has 0 unspecified atom stereocenters. The lowest BCUT2D eigenvalue weighted by Crippen LogP contribution is -2.07. The molecular formula is C20H14O3P-. The van der Waals surface area contributed by atoms with E-state index in [-0.39, 0.29) is 0 Å². The van der Waals surface area contributed by atoms with Crippen molar-refractivity contribution >= 4 is 30.1 Å². The molecule has 0 radical (unpaired) electrons. The van der Waals surface area contributed by atoms with Gasteiger partial charge in [0.15, 0.2) is 0 Å². The third-order valence-corrected chi connectivity index (χ3v) is 4.54. The first-order chi connectivity index (χ1) is 11.8. The van der Waals surface area contributed by atoms with Crippen molar-refractivity contribution in [2.75, 3.05) is 0 Å². The number of hydrogen-bond donors (Lipinski definition) is 0. The van der Waals surface area contributed by atoms with Crippen LogP contribution in [0.1, 0.15) is 0 Å². The van der Waals surface area contributed by atoms with E-state index in [2.05, 4.69) is 0 Å². The van der Waals surface area contributed by atoms with E-state index in [0.29, 0.717) is 11.5 Å². The van der Waals surface area contributed by atoms with Crippen molar-refractivity contribution in [3.05, 3.63) is 84.9 Å². The molecule has 0 atom stereocenters. The van der Waals surface area contributed by atoms with Crippen LogP contribution < -0.4 is 13.9 Å². The summed E-state index contributed by atoms with van der Waals surface area (Å²) in [6, 6.07) is 26.9. The van der Waals surface area contributed by atoms with E-state index >= 15 is 0 Å². The summed E-state index contributed by atoms with van der Waals surface area (Å²) in [6.45, 7) is 0. The van der Waals surface area contributed by atoms with Gasteiger partial charge >= 0.3 is 0 Å². The van der Waals surface area contributed by atoms with E-state index < -0.39 is 8.60 Å². The van der Waals surface area contributed by atoms with Crippen molar-refractivity contribution in [3.8, 4) is 11.5 Å². The van der Waals surface area contributed by atoms with Crippen molar-refractivity contribution in [1.29, 1.82) is 0 Å². The molecule has 4 rings (SSSR count). The molecule has 0 aliphatic rings. The molecule has 0 aliphatic heterocycles. The molecule has 3 nitrogen and oxygen atoms in total. The van der Waals surface area contributed by atoms with Crippen LogP contribution in [0.4, 0.5) is 0 Å². The van der Waals surface area contributed by atoms with E-state index in [1.54, 1.807) is 12.1 Å². The maximum absolute atomic E-state index is 12.4. The van der Waals surface area contributed by atoms with Crippen LogP contribution in [0.3, 0.4) is 0 Å². The Labute approximate surface area is 141 Å². The molecular weight excluding hydrogens is 319 g/mol. The zero-order valence-electron chi connectivity index (χ0n) is 12.8. The Kier molecular flexibility index (Phi) is 4.04. The average Bonchev–Trinajstić information content (AvgIpc) is 2.62. The fourth-order valence-corrected chi connectivity index (χ4v) is 3.41. The van der Waals surface area contributed by atoms with E-state index in [4.69, 9.17) is 9.05 Å². The van der Waals surface area contributed by atoms with Crippen molar-refractivity contribution < 1.29 is 13.9 Å². The summed E-state index contributed by atoms with van der Waals surface area (Å²) in [6.07, 6.45) is 0. The lowest BCUT2D eigenvalue weighted by atomic mass is 10.1. The summed E-state index contributed by atoms with van der Waals surface area (Å²) in [5.74, 6) is 1.10. The Morgan fingerprint density at radius 1 is 0.542 bits per heavy atom. The number of fused-ring (bicyclic) bond motifs is 2. The summed E-state index contributed by atoms with van der Waals surface area (Å²) in [5, 5.41) is 3.88. The summed E-state index contributed by atoms with van der Waals surface area (Å²) in [4.78, 5) is 12.4. The summed E-state index contributed by atoms with van der Waals surface area (Å²) in [5.41, 5.74) is 0. The smallest absolute Gasteiger partial charge is 0.210 e. The first kappa shape index (κ1) is 14.9. The van der Waals surface area contributed by atoms with Crippen molar-refractivity contribution in [3.63, 3.8) is 0 Å². The van der Waals surface area contributed by atoms with Crippen LogP contribution in [0.15, 0.2) is 84.9 Å². The Morgan fingerprint density at radius 3 is 1.46 bits per heavy atom. The molecule has 0 saturated heterocycles. The van der Waals surface area contributed by atoms with Gasteiger partial charge in [0.05, 0.1) is 0 Å². The molecule has 0 N–H and O–H groups in total. The van der Waals surface area contributed by atoms with Crippen LogP contribution in [0, 0.1) is 0 Å². The molecule has 0 bridgehead atoms. The SMILES string of the molecule is [O-]P(Oc1cccc2ccccc12)Oc1cccc2ccccc12. The lowest BCUT2D eigenvalue weighted by Gasteiger charge is -2.24. The van der Waals surface area contributed by atoms with Crippen LogP contribution in [0.5, 0.6) is 11.5 Å². The largest absolute Gasteiger partial charge is 0.765 e. The number of rotatable bonds is 4. The maximum Gasteiger partial charge on any atom is 0.210 e. The van der Waals surface area contributed by atoms with Gasteiger partial charge in [-0.2, -0.15) is 0 Å². The van der Waals surface area contributed by atoms with Crippen molar-refractivity contribution in [2.45, 2.75) is 0 Å². The molecule has 4 aromatic carbocycles. The topological polar surface area (TPSA) is 41.5 Å². The van der Waals surface area contributed by atoms with Gasteiger partial charge in [-0.3, -0.25) is 0 Å². The second kappa shape index (κ2) is 6.48. The average molecular weight is 333 g/mol. The van der Waals surface area contributed by atoms with Gasteiger partial charge in [-0.25, -0.2) is 0 Å². The van der Waals surface area contributed by atoms with E-state index in [1.807, 2.05) is 72.8 Å². The van der Waals surface area contributed by atoms with Gasteiger partial charge in [-0.1, -0.05) is 72.8 Å². The van der Waals surface area contributed by atoms with Crippen LogP contribution in [-0.2, 0) is 0 Å². The van der Waals surface area contributed by atoms with E-state index in [0.717, 1.165) is 21.5 Å². The van der Waals surface area contributed by atoms with Gasteiger partial charge in [0, 0.05) is 10.8 Å². The zero-order valence-corrected chi connectivity index (χ0v) is 13.6. The van der Waals surface area contributed by atoms with Crippen LogP contribution in [0.2, 0.25) is 0 Å². The molecule has 0 spiro atoms. The predicted octanol–water partition coefficient (Wildman–Crippen LogP) is 5.04. The Bertz CT molecular complexity index is 908. The standard InChI is InChI=1S/C20H14O3P/c21-24(22-19-13-5-9-15-7-1-3-11-17(15)19)23-20-14-6-10-16-8-2-4-12-18(16)20/h1-14H/q-1. The van der Waals surface area contributed by atoms with Crippen molar-refractivity contribution in [1.82, 2.24) is 0 Å². The van der Waals surface area contributed by atoms with Gasteiger partial charge < -0.3 is 13.9 Å². The molecule has 0 heterocycles. The van der Waals surface area contributed by atoms with Crippen LogP contribution in [0.25, 0.3) is 21.5 Å². The van der Waals surface area contributed by atoms with Gasteiger partial charge in [0.25, 0.3) is 0 Å². The highest BCUT2D eigenvalue weighted by molar-refractivity contribution is 7.40. The Hall–Kier alpha value is -2.61. The third kappa shape index (κ3) is 2.92. The minimum atomic E-state index is -2.33. The highest BCUT2D eigenvalue weighted by atomic mass is 31.2. The fourth-order valence-electron chi connectivity index (χ4n) is 2.73. The highest BCUT2D eigenvalue weighted by Gasteiger charge is 2.07. The summed E-state index contributed by atoms with van der Waals surface area (Å²) < 4.78 is 11.1. The zero-order chi connectivity index (χ0) is 16.4. The normalized spacial score (nSPS) is 11.1. The van der Waals surface area contributed by atoms with Crippen molar-refractivity contribution in [2.24, 2.45) is 0 Å². The molecule has 0 fully saturated rings. The molecule has 24 heavy (non-hydrogen) atoms. The second-order valence-electron chi connectivity index (χ2n) is 5.36. The molecule has 118 valence electrons. The minimum Gasteiger partial charge on any atom is -0.765 e. The quantitative estimate of drug-likeness (QED) is 0.491. The lowest BCUT2D eigenvalue weighted by molar-refractivity contribution is -0.188. The maximum atomic E-state index is 12.4. The van der Waals surface area contributed by atoms with E-state index in [1.165, 1.54) is 0 Å². The molecule has 4 aromatic rings. The molecule has 4 heteroatoms. The van der Waals surface area contributed by atoms with E-state index in [9.17, 15) is 4.89 Å². The monoisotopic (exact) mass is 333 g/mol. The van der Waals surface area contributed by atoms with Gasteiger partial charge in [-0.05, 0) is 22.9 Å². The Balaban J connectivity index is 1.61. The summed E-state index contributed by atoms with van der Waals surface area (Å²) >= 11 is 0. The molecule has 0 amide bonds. The highest BCUT2D eigenvalue weighted by Crippen LogP contribution is 2.38. The minimum absolute atomic E-state index is 0.550. The number of benzene rings is 4. The van der Waals surface area contributed by atoms with Gasteiger partial charge in [0.2, 0.25) is 8.60 Å². The number of hydrogen-bond acceptors (Lipinski definition) is 3. The predicted molar refractivity (Wildman–Crippen MR) is 96.1 cm³/mol. The van der Waals surface area contributed by atoms with Gasteiger partial charge in [-0.15, -0.1) is 0 Å². The van der Waals surface area contributed by atoms with Crippen LogP contribution in [-0.4, -0.2) is 0 Å². The molecule has 0 aliphatic carbocycles. The Morgan fingerprint density at radius 2 is 0.958 bits per heavy atom. The van der Waals surface area contributed by atoms with Crippen LogP contribution >= 0.6 is 8.60 Å². The first-order valence-electron chi connectivity index (χ1n) is 7.60. The molecule has 0 saturated carbocycles. The van der Waals surface area contributed by atoms with Gasteiger partial charge in [0.1, 0.15) is 11.5 Å². The third-order valence-electron chi connectivity index (χ3n) is 3.85. The first-order valence-corrected chi connectivity index (χ1v) is 8.69. The second-order valence-corrected chi connectivity index (χ2v) is 6.17. The summed E-state index contributed by atoms with van der Waals surface area (Å²) in [7, 11) is -2.33.